The number of rotatable bonds is 5. The lowest BCUT2D eigenvalue weighted by Crippen LogP contribution is -2.13. The monoisotopic (exact) mass is 457 g/mol. The van der Waals surface area contributed by atoms with Gasteiger partial charge in [0.05, 0.1) is 17.1 Å². The lowest BCUT2D eigenvalue weighted by molar-refractivity contribution is 1.16. The molecule has 0 atom stereocenters. The van der Waals surface area contributed by atoms with Crippen LogP contribution in [0.4, 0.5) is 17.2 Å². The molecule has 2 heterocycles. The summed E-state index contributed by atoms with van der Waals surface area (Å²) in [4.78, 5) is 11.7. The maximum absolute atomic E-state index is 5.02. The van der Waals surface area contributed by atoms with E-state index in [0.717, 1.165) is 28.6 Å². The lowest BCUT2D eigenvalue weighted by atomic mass is 9.95. The van der Waals surface area contributed by atoms with Gasteiger partial charge in [0, 0.05) is 11.9 Å². The molecule has 0 aliphatic heterocycles. The van der Waals surface area contributed by atoms with Crippen LogP contribution in [0.5, 0.6) is 0 Å². The highest BCUT2D eigenvalue weighted by atomic mass is 15.2. The number of benzene rings is 3. The predicted octanol–water partition coefficient (Wildman–Crippen LogP) is 8.92. The van der Waals surface area contributed by atoms with Gasteiger partial charge in [-0.15, -0.1) is 0 Å². The van der Waals surface area contributed by atoms with E-state index in [4.69, 9.17) is 4.98 Å². The van der Waals surface area contributed by atoms with Crippen LogP contribution in [0.15, 0.2) is 115 Å². The molecule has 0 aliphatic rings. The summed E-state index contributed by atoms with van der Waals surface area (Å²) in [7, 11) is 0. The van der Waals surface area contributed by atoms with Crippen LogP contribution in [-0.4, -0.2) is 9.97 Å². The minimum Gasteiger partial charge on any atom is -0.295 e. The van der Waals surface area contributed by atoms with E-state index < -0.39 is 0 Å². The smallest absolute Gasteiger partial charge is 0.138 e. The van der Waals surface area contributed by atoms with Crippen molar-refractivity contribution >= 4 is 17.2 Å². The quantitative estimate of drug-likeness (QED) is 0.264. The van der Waals surface area contributed by atoms with E-state index in [2.05, 4.69) is 96.5 Å². The average molecular weight is 458 g/mol. The van der Waals surface area contributed by atoms with Crippen LogP contribution >= 0.6 is 0 Å². The molecular formula is C32H31N3. The summed E-state index contributed by atoms with van der Waals surface area (Å²) in [6, 6.07) is 37.4. The summed E-state index contributed by atoms with van der Waals surface area (Å²) >= 11 is 0. The van der Waals surface area contributed by atoms with Crippen molar-refractivity contribution in [1.29, 1.82) is 0 Å². The van der Waals surface area contributed by atoms with Gasteiger partial charge in [-0.05, 0) is 78.6 Å². The standard InChI is InChI=1S/C30H25N3.C2H6/c1-22-12-6-7-15-25(22)26-16-10-19-29(23(26)2)33(24-13-4-3-5-14-24)30-20-11-18-28(32-30)27-17-8-9-21-31-27;1-2/h3-21H,1-2H3;1-2H3. The van der Waals surface area contributed by atoms with Gasteiger partial charge < -0.3 is 0 Å². The molecule has 174 valence electrons. The molecule has 3 nitrogen and oxygen atoms in total. The second-order valence-corrected chi connectivity index (χ2v) is 8.03. The SMILES string of the molecule is CC.Cc1ccccc1-c1cccc(N(c2ccccc2)c2cccc(-c3ccccn3)n2)c1C. The van der Waals surface area contributed by atoms with Crippen molar-refractivity contribution < 1.29 is 0 Å². The van der Waals surface area contributed by atoms with E-state index in [1.807, 2.05) is 50.2 Å². The van der Waals surface area contributed by atoms with Crippen LogP contribution in [0, 0.1) is 13.8 Å². The Morgan fingerprint density at radius 2 is 1.23 bits per heavy atom. The molecule has 0 saturated carbocycles. The molecule has 0 bridgehead atoms. The third kappa shape index (κ3) is 5.15. The molecule has 0 amide bonds. The van der Waals surface area contributed by atoms with E-state index in [1.54, 1.807) is 6.20 Å². The molecule has 0 spiro atoms. The van der Waals surface area contributed by atoms with Crippen molar-refractivity contribution in [3.8, 4) is 22.5 Å². The molecule has 3 heteroatoms. The normalized spacial score (nSPS) is 10.3. The highest BCUT2D eigenvalue weighted by Crippen LogP contribution is 2.39. The first-order valence-electron chi connectivity index (χ1n) is 12.1. The van der Waals surface area contributed by atoms with Crippen molar-refractivity contribution in [2.24, 2.45) is 0 Å². The fourth-order valence-corrected chi connectivity index (χ4v) is 4.21. The Balaban J connectivity index is 0.00000141. The van der Waals surface area contributed by atoms with Crippen LogP contribution in [0.3, 0.4) is 0 Å². The van der Waals surface area contributed by atoms with Crippen molar-refractivity contribution in [2.75, 3.05) is 4.90 Å². The zero-order chi connectivity index (χ0) is 24.6. The first-order valence-corrected chi connectivity index (χ1v) is 12.1. The minimum atomic E-state index is 0.849. The summed E-state index contributed by atoms with van der Waals surface area (Å²) in [6.07, 6.45) is 1.80. The van der Waals surface area contributed by atoms with Crippen molar-refractivity contribution in [3.05, 3.63) is 127 Å². The largest absolute Gasteiger partial charge is 0.295 e. The molecule has 35 heavy (non-hydrogen) atoms. The number of pyridine rings is 2. The van der Waals surface area contributed by atoms with Crippen molar-refractivity contribution in [3.63, 3.8) is 0 Å². The van der Waals surface area contributed by atoms with Gasteiger partial charge in [-0.3, -0.25) is 9.88 Å². The zero-order valence-corrected chi connectivity index (χ0v) is 20.8. The predicted molar refractivity (Wildman–Crippen MR) is 148 cm³/mol. The molecule has 0 unspecified atom stereocenters. The summed E-state index contributed by atoms with van der Waals surface area (Å²) in [5.41, 5.74) is 8.83. The highest BCUT2D eigenvalue weighted by Gasteiger charge is 2.18. The molecule has 5 rings (SSSR count). The first kappa shape index (κ1) is 23.9. The zero-order valence-electron chi connectivity index (χ0n) is 20.8. The number of aryl methyl sites for hydroxylation is 1. The van der Waals surface area contributed by atoms with Crippen molar-refractivity contribution in [1.82, 2.24) is 9.97 Å². The van der Waals surface area contributed by atoms with Crippen LogP contribution in [0.25, 0.3) is 22.5 Å². The molecule has 0 aliphatic carbocycles. The fourth-order valence-electron chi connectivity index (χ4n) is 4.21. The molecular weight excluding hydrogens is 426 g/mol. The van der Waals surface area contributed by atoms with E-state index in [1.165, 1.54) is 22.3 Å². The molecule has 5 aromatic rings. The molecule has 0 N–H and O–H groups in total. The van der Waals surface area contributed by atoms with Gasteiger partial charge in [0.25, 0.3) is 0 Å². The molecule has 0 fully saturated rings. The Morgan fingerprint density at radius 1 is 0.571 bits per heavy atom. The number of nitrogens with zero attached hydrogens (tertiary/aromatic N) is 3. The number of anilines is 3. The first-order chi connectivity index (χ1) is 17.2. The van der Waals surface area contributed by atoms with Crippen LogP contribution < -0.4 is 4.90 Å². The lowest BCUT2D eigenvalue weighted by Gasteiger charge is -2.27. The molecule has 0 saturated heterocycles. The topological polar surface area (TPSA) is 29.0 Å². The van der Waals surface area contributed by atoms with Gasteiger partial charge in [-0.2, -0.15) is 0 Å². The van der Waals surface area contributed by atoms with E-state index in [-0.39, 0.29) is 0 Å². The second kappa shape index (κ2) is 11.3. The fraction of sp³-hybridized carbons (Fsp3) is 0.125. The summed E-state index contributed by atoms with van der Waals surface area (Å²) in [6.45, 7) is 8.35. The Kier molecular flexibility index (Phi) is 7.69. The van der Waals surface area contributed by atoms with E-state index >= 15 is 0 Å². The van der Waals surface area contributed by atoms with Crippen LogP contribution in [0.1, 0.15) is 25.0 Å². The van der Waals surface area contributed by atoms with Gasteiger partial charge in [0.15, 0.2) is 0 Å². The molecule has 3 aromatic carbocycles. The Hall–Kier alpha value is -4.24. The Morgan fingerprint density at radius 3 is 1.97 bits per heavy atom. The van der Waals surface area contributed by atoms with Gasteiger partial charge >= 0.3 is 0 Å². The third-order valence-corrected chi connectivity index (χ3v) is 5.89. The highest BCUT2D eigenvalue weighted by molar-refractivity contribution is 5.83. The number of aromatic nitrogens is 2. The van der Waals surface area contributed by atoms with Gasteiger partial charge in [-0.25, -0.2) is 4.98 Å². The second-order valence-electron chi connectivity index (χ2n) is 8.03. The summed E-state index contributed by atoms with van der Waals surface area (Å²) in [5, 5.41) is 0. The minimum absolute atomic E-state index is 0.849. The summed E-state index contributed by atoms with van der Waals surface area (Å²) < 4.78 is 0. The van der Waals surface area contributed by atoms with Gasteiger partial charge in [0.2, 0.25) is 0 Å². The van der Waals surface area contributed by atoms with Gasteiger partial charge in [-0.1, -0.05) is 80.6 Å². The van der Waals surface area contributed by atoms with E-state index in [0.29, 0.717) is 0 Å². The average Bonchev–Trinajstić information content (AvgIpc) is 2.93. The number of hydrogen-bond acceptors (Lipinski definition) is 3. The third-order valence-electron chi connectivity index (χ3n) is 5.89. The molecule has 2 aromatic heterocycles. The van der Waals surface area contributed by atoms with E-state index in [9.17, 15) is 0 Å². The Bertz CT molecular complexity index is 1380. The maximum Gasteiger partial charge on any atom is 0.138 e. The maximum atomic E-state index is 5.02. The number of para-hydroxylation sites is 1. The van der Waals surface area contributed by atoms with Crippen LogP contribution in [-0.2, 0) is 0 Å². The summed E-state index contributed by atoms with van der Waals surface area (Å²) in [5.74, 6) is 0.856. The Labute approximate surface area is 208 Å². The van der Waals surface area contributed by atoms with Gasteiger partial charge in [0.1, 0.15) is 5.82 Å². The van der Waals surface area contributed by atoms with Crippen molar-refractivity contribution in [2.45, 2.75) is 27.7 Å². The van der Waals surface area contributed by atoms with Crippen LogP contribution in [0.2, 0.25) is 0 Å². The molecule has 0 radical (unpaired) electrons. The number of hydrogen-bond donors (Lipinski definition) is 0.